The fourth-order valence-corrected chi connectivity index (χ4v) is 1.72. The molecule has 0 saturated heterocycles. The lowest BCUT2D eigenvalue weighted by Gasteiger charge is -2.05. The Morgan fingerprint density at radius 3 is 2.75 bits per heavy atom. The summed E-state index contributed by atoms with van der Waals surface area (Å²) in [7, 11) is 0. The number of hydrogen-bond donors (Lipinski definition) is 1. The average Bonchev–Trinajstić information content (AvgIpc) is 2.28. The third kappa shape index (κ3) is 1.42. The molecular weight excluding hydrogens is 233 g/mol. The van der Waals surface area contributed by atoms with Gasteiger partial charge < -0.3 is 4.98 Å². The highest BCUT2D eigenvalue weighted by atomic mass is 35.5. The van der Waals surface area contributed by atoms with E-state index in [4.69, 9.17) is 11.6 Å². The number of H-pyrrole nitrogens is 1. The summed E-state index contributed by atoms with van der Waals surface area (Å²) in [6.45, 7) is 1.62. The van der Waals surface area contributed by atoms with E-state index in [0.717, 1.165) is 0 Å². The number of aldehydes is 1. The van der Waals surface area contributed by atoms with Crippen LogP contribution in [0.1, 0.15) is 15.9 Å². The molecule has 1 aromatic carbocycles. The van der Waals surface area contributed by atoms with Crippen molar-refractivity contribution in [2.45, 2.75) is 6.92 Å². The van der Waals surface area contributed by atoms with Gasteiger partial charge in [0.05, 0.1) is 11.1 Å². The summed E-state index contributed by atoms with van der Waals surface area (Å²) in [5.41, 5.74) is -0.147. The van der Waals surface area contributed by atoms with Gasteiger partial charge in [0.1, 0.15) is 5.02 Å². The molecule has 0 aliphatic carbocycles. The van der Waals surface area contributed by atoms with Crippen molar-refractivity contribution in [3.63, 3.8) is 0 Å². The number of aryl methyl sites for hydroxylation is 1. The van der Waals surface area contributed by atoms with Gasteiger partial charge in [-0.25, -0.2) is 4.39 Å². The minimum Gasteiger partial charge on any atom is -0.318 e. The fraction of sp³-hybridized carbons (Fsp3) is 0.0909. The van der Waals surface area contributed by atoms with Crippen LogP contribution in [0.4, 0.5) is 4.39 Å². The van der Waals surface area contributed by atoms with Crippen LogP contribution in [0.15, 0.2) is 16.9 Å². The summed E-state index contributed by atoms with van der Waals surface area (Å²) in [6, 6.07) is 2.91. The number of aromatic nitrogens is 1. The standard InChI is InChI=1S/C11H7ClFNO2/c1-5-7-3-2-6(4-15)9(13)10(7)14-11(16)8(5)12/h2-4H,1H3,(H,14,16). The number of fused-ring (bicyclic) bond motifs is 1. The molecule has 0 fully saturated rings. The van der Waals surface area contributed by atoms with Crippen LogP contribution in [-0.2, 0) is 0 Å². The van der Waals surface area contributed by atoms with Crippen LogP contribution in [0.5, 0.6) is 0 Å². The van der Waals surface area contributed by atoms with Crippen LogP contribution in [-0.4, -0.2) is 11.3 Å². The van der Waals surface area contributed by atoms with Gasteiger partial charge in [0, 0.05) is 5.39 Å². The minimum atomic E-state index is -0.732. The normalized spacial score (nSPS) is 10.7. The predicted octanol–water partition coefficient (Wildman–Crippen LogP) is 2.44. The molecule has 82 valence electrons. The van der Waals surface area contributed by atoms with Crippen LogP contribution >= 0.6 is 11.6 Å². The summed E-state index contributed by atoms with van der Waals surface area (Å²) in [6.07, 6.45) is 0.400. The van der Waals surface area contributed by atoms with Crippen molar-refractivity contribution in [2.75, 3.05) is 0 Å². The van der Waals surface area contributed by atoms with Crippen molar-refractivity contribution in [3.05, 3.63) is 44.5 Å². The number of pyridine rings is 1. The van der Waals surface area contributed by atoms with Crippen molar-refractivity contribution < 1.29 is 9.18 Å². The van der Waals surface area contributed by atoms with Gasteiger partial charge in [-0.1, -0.05) is 17.7 Å². The lowest BCUT2D eigenvalue weighted by atomic mass is 10.1. The molecule has 3 nitrogen and oxygen atoms in total. The number of rotatable bonds is 1. The molecule has 0 saturated carbocycles. The van der Waals surface area contributed by atoms with Gasteiger partial charge in [0.15, 0.2) is 12.1 Å². The van der Waals surface area contributed by atoms with Gasteiger partial charge in [-0.15, -0.1) is 0 Å². The Bertz CT molecular complexity index is 648. The first-order chi connectivity index (χ1) is 7.56. The number of benzene rings is 1. The minimum absolute atomic E-state index is 0.0106. The van der Waals surface area contributed by atoms with Gasteiger partial charge >= 0.3 is 0 Å². The third-order valence-electron chi connectivity index (χ3n) is 2.47. The summed E-state index contributed by atoms with van der Waals surface area (Å²) in [5.74, 6) is -0.732. The monoisotopic (exact) mass is 239 g/mol. The van der Waals surface area contributed by atoms with Crippen molar-refractivity contribution in [2.24, 2.45) is 0 Å². The Morgan fingerprint density at radius 1 is 1.44 bits per heavy atom. The molecule has 1 heterocycles. The molecular formula is C11H7ClFNO2. The topological polar surface area (TPSA) is 49.9 Å². The third-order valence-corrected chi connectivity index (χ3v) is 2.93. The smallest absolute Gasteiger partial charge is 0.267 e. The second-order valence-electron chi connectivity index (χ2n) is 3.40. The van der Waals surface area contributed by atoms with E-state index in [1.54, 1.807) is 13.0 Å². The Kier molecular flexibility index (Phi) is 2.52. The quantitative estimate of drug-likeness (QED) is 0.777. The first-order valence-corrected chi connectivity index (χ1v) is 4.90. The van der Waals surface area contributed by atoms with Crippen LogP contribution in [0.3, 0.4) is 0 Å². The van der Waals surface area contributed by atoms with E-state index in [-0.39, 0.29) is 16.1 Å². The van der Waals surface area contributed by atoms with Gasteiger partial charge in [0.2, 0.25) is 0 Å². The molecule has 0 aliphatic rings. The Hall–Kier alpha value is -1.68. The molecule has 5 heteroatoms. The molecule has 0 spiro atoms. The summed E-state index contributed by atoms with van der Waals surface area (Å²) in [5, 5.41) is 0.526. The number of nitrogens with one attached hydrogen (secondary N) is 1. The maximum atomic E-state index is 13.7. The maximum Gasteiger partial charge on any atom is 0.267 e. The molecule has 1 aromatic heterocycles. The molecule has 0 amide bonds. The van der Waals surface area contributed by atoms with E-state index >= 15 is 0 Å². The molecule has 0 radical (unpaired) electrons. The molecule has 2 rings (SSSR count). The SMILES string of the molecule is Cc1c(Cl)c(=O)[nH]c2c(F)c(C=O)ccc12. The molecule has 16 heavy (non-hydrogen) atoms. The van der Waals surface area contributed by atoms with Crippen LogP contribution in [0.25, 0.3) is 10.9 Å². The average molecular weight is 240 g/mol. The van der Waals surface area contributed by atoms with E-state index in [1.165, 1.54) is 6.07 Å². The van der Waals surface area contributed by atoms with Crippen LogP contribution < -0.4 is 5.56 Å². The Morgan fingerprint density at radius 2 is 2.12 bits per heavy atom. The predicted molar refractivity (Wildman–Crippen MR) is 59.7 cm³/mol. The summed E-state index contributed by atoms with van der Waals surface area (Å²) < 4.78 is 13.7. The van der Waals surface area contributed by atoms with Gasteiger partial charge in [0.25, 0.3) is 5.56 Å². The molecule has 0 atom stereocenters. The van der Waals surface area contributed by atoms with E-state index in [0.29, 0.717) is 17.2 Å². The Labute approximate surface area is 94.9 Å². The first-order valence-electron chi connectivity index (χ1n) is 4.52. The zero-order valence-electron chi connectivity index (χ0n) is 8.30. The van der Waals surface area contributed by atoms with E-state index in [2.05, 4.69) is 4.98 Å². The fourth-order valence-electron chi connectivity index (χ4n) is 1.57. The van der Waals surface area contributed by atoms with Crippen molar-refractivity contribution in [3.8, 4) is 0 Å². The Balaban J connectivity index is 3.02. The van der Waals surface area contributed by atoms with E-state index < -0.39 is 11.4 Å². The van der Waals surface area contributed by atoms with E-state index in [9.17, 15) is 14.0 Å². The van der Waals surface area contributed by atoms with Gasteiger partial charge in [-0.05, 0) is 18.6 Å². The van der Waals surface area contributed by atoms with Crippen molar-refractivity contribution >= 4 is 28.8 Å². The number of halogens is 2. The maximum absolute atomic E-state index is 13.7. The zero-order chi connectivity index (χ0) is 11.9. The lowest BCUT2D eigenvalue weighted by Crippen LogP contribution is -2.09. The second-order valence-corrected chi connectivity index (χ2v) is 3.78. The lowest BCUT2D eigenvalue weighted by molar-refractivity contribution is 0.112. The molecule has 2 aromatic rings. The highest BCUT2D eigenvalue weighted by Gasteiger charge is 2.12. The number of carbonyl (C=O) groups excluding carboxylic acids is 1. The first kappa shape index (κ1) is 10.8. The largest absolute Gasteiger partial charge is 0.318 e. The van der Waals surface area contributed by atoms with Crippen molar-refractivity contribution in [1.29, 1.82) is 0 Å². The van der Waals surface area contributed by atoms with Crippen LogP contribution in [0.2, 0.25) is 5.02 Å². The van der Waals surface area contributed by atoms with Crippen molar-refractivity contribution in [1.82, 2.24) is 4.98 Å². The molecule has 0 bridgehead atoms. The number of carbonyl (C=O) groups is 1. The summed E-state index contributed by atoms with van der Waals surface area (Å²) >= 11 is 5.75. The van der Waals surface area contributed by atoms with Gasteiger partial charge in [-0.3, -0.25) is 9.59 Å². The molecule has 1 N–H and O–H groups in total. The second kappa shape index (κ2) is 3.72. The van der Waals surface area contributed by atoms with Gasteiger partial charge in [-0.2, -0.15) is 0 Å². The van der Waals surface area contributed by atoms with E-state index in [1.807, 2.05) is 0 Å². The van der Waals surface area contributed by atoms with Crippen LogP contribution in [0, 0.1) is 12.7 Å². The number of aromatic amines is 1. The molecule has 0 aliphatic heterocycles. The highest BCUT2D eigenvalue weighted by molar-refractivity contribution is 6.32. The number of hydrogen-bond acceptors (Lipinski definition) is 2. The molecule has 0 unspecified atom stereocenters. The summed E-state index contributed by atoms with van der Waals surface area (Å²) in [4.78, 5) is 24.2. The zero-order valence-corrected chi connectivity index (χ0v) is 9.06. The highest BCUT2D eigenvalue weighted by Crippen LogP contribution is 2.23.